The van der Waals surface area contributed by atoms with Gasteiger partial charge in [0.05, 0.1) is 5.25 Å². The molecular formula is C29H44N4O2S. The molecule has 0 aliphatic carbocycles. The lowest BCUT2D eigenvalue weighted by atomic mass is 9.86. The average molecular weight is 513 g/mol. The van der Waals surface area contributed by atoms with Crippen molar-refractivity contribution in [1.82, 2.24) is 19.8 Å². The highest BCUT2D eigenvalue weighted by Gasteiger charge is 2.23. The Kier molecular flexibility index (Phi) is 10.2. The van der Waals surface area contributed by atoms with Crippen LogP contribution in [0.4, 0.5) is 0 Å². The lowest BCUT2D eigenvalue weighted by molar-refractivity contribution is -0.120. The zero-order chi connectivity index (χ0) is 26.3. The number of aryl methyl sites for hydroxylation is 1. The van der Waals surface area contributed by atoms with Gasteiger partial charge in [-0.1, -0.05) is 76.6 Å². The van der Waals surface area contributed by atoms with Crippen molar-refractivity contribution in [1.29, 1.82) is 0 Å². The number of likely N-dealkylation sites (tertiary alicyclic amines) is 1. The second kappa shape index (κ2) is 12.9. The Morgan fingerprint density at radius 3 is 2.42 bits per heavy atom. The van der Waals surface area contributed by atoms with Crippen LogP contribution >= 0.6 is 11.8 Å². The number of nitrogens with one attached hydrogen (secondary N) is 1. The zero-order valence-corrected chi connectivity index (χ0v) is 23.8. The van der Waals surface area contributed by atoms with Crippen molar-refractivity contribution in [2.75, 3.05) is 26.2 Å². The van der Waals surface area contributed by atoms with Crippen LogP contribution in [-0.4, -0.2) is 51.8 Å². The van der Waals surface area contributed by atoms with Crippen molar-refractivity contribution >= 4 is 17.7 Å². The number of benzene rings is 1. The van der Waals surface area contributed by atoms with E-state index >= 15 is 0 Å². The van der Waals surface area contributed by atoms with Crippen LogP contribution in [0.15, 0.2) is 34.2 Å². The van der Waals surface area contributed by atoms with Crippen LogP contribution in [0.1, 0.15) is 82.2 Å². The Morgan fingerprint density at radius 1 is 1.14 bits per heavy atom. The summed E-state index contributed by atoms with van der Waals surface area (Å²) in [5.41, 5.74) is 3.88. The largest absolute Gasteiger partial charge is 0.354 e. The van der Waals surface area contributed by atoms with E-state index in [1.54, 1.807) is 11.6 Å². The van der Waals surface area contributed by atoms with Gasteiger partial charge in [-0.2, -0.15) is 0 Å². The first-order valence-electron chi connectivity index (χ1n) is 13.4. The number of hydrogen-bond acceptors (Lipinski definition) is 5. The molecule has 198 valence electrons. The van der Waals surface area contributed by atoms with E-state index in [9.17, 15) is 9.59 Å². The maximum Gasteiger partial charge on any atom is 0.257 e. The molecule has 2 heterocycles. The van der Waals surface area contributed by atoms with Gasteiger partial charge >= 0.3 is 0 Å². The average Bonchev–Trinajstić information content (AvgIpc) is 2.85. The lowest BCUT2D eigenvalue weighted by Gasteiger charge is -2.26. The van der Waals surface area contributed by atoms with E-state index in [0.717, 1.165) is 43.7 Å². The third-order valence-electron chi connectivity index (χ3n) is 7.02. The van der Waals surface area contributed by atoms with Crippen LogP contribution in [-0.2, 0) is 23.7 Å². The fourth-order valence-electron chi connectivity index (χ4n) is 4.63. The predicted octanol–water partition coefficient (Wildman–Crippen LogP) is 4.84. The lowest BCUT2D eigenvalue weighted by Crippen LogP contribution is -2.40. The van der Waals surface area contributed by atoms with Crippen molar-refractivity contribution < 1.29 is 4.79 Å². The molecule has 1 fully saturated rings. The Morgan fingerprint density at radius 2 is 1.81 bits per heavy atom. The quantitative estimate of drug-likeness (QED) is 0.364. The number of thioether (sulfide) groups is 1. The molecule has 3 rings (SSSR count). The molecule has 1 aromatic carbocycles. The SMILES string of the molecule is CCCC(Sc1nc(C)c(Cc2ccc(C(C)(C)C)cc2)c(=O)n1C)C(=O)NCCN1CCCCC1. The van der Waals surface area contributed by atoms with Crippen molar-refractivity contribution in [3.05, 3.63) is 57.0 Å². The van der Waals surface area contributed by atoms with E-state index in [-0.39, 0.29) is 22.1 Å². The summed E-state index contributed by atoms with van der Waals surface area (Å²) >= 11 is 1.41. The smallest absolute Gasteiger partial charge is 0.257 e. The highest BCUT2D eigenvalue weighted by Crippen LogP contribution is 2.26. The molecule has 1 aliphatic heterocycles. The van der Waals surface area contributed by atoms with Crippen LogP contribution in [0.3, 0.4) is 0 Å². The summed E-state index contributed by atoms with van der Waals surface area (Å²) < 4.78 is 1.61. The summed E-state index contributed by atoms with van der Waals surface area (Å²) in [6, 6.07) is 8.50. The fourth-order valence-corrected chi connectivity index (χ4v) is 5.86. The van der Waals surface area contributed by atoms with Crippen molar-refractivity contribution in [2.45, 2.75) is 89.0 Å². The standard InChI is InChI=1S/C29H44N4O2S/c1-7-11-25(26(34)30-16-19-33-17-9-8-10-18-33)36-28-31-21(2)24(27(35)32(28)6)20-22-12-14-23(15-13-22)29(3,4)5/h12-15,25H,7-11,16-20H2,1-6H3,(H,30,34). The molecule has 1 saturated heterocycles. The summed E-state index contributed by atoms with van der Waals surface area (Å²) in [5, 5.41) is 3.47. The normalized spacial score (nSPS) is 15.6. The Bertz CT molecular complexity index is 1070. The highest BCUT2D eigenvalue weighted by molar-refractivity contribution is 8.00. The second-order valence-corrected chi connectivity index (χ2v) is 12.2. The molecule has 36 heavy (non-hydrogen) atoms. The van der Waals surface area contributed by atoms with Gasteiger partial charge in [0.15, 0.2) is 5.16 Å². The van der Waals surface area contributed by atoms with Crippen molar-refractivity contribution in [3.63, 3.8) is 0 Å². The summed E-state index contributed by atoms with van der Waals surface area (Å²) in [4.78, 5) is 33.5. The van der Waals surface area contributed by atoms with E-state index in [0.29, 0.717) is 23.7 Å². The molecule has 0 saturated carbocycles. The minimum Gasteiger partial charge on any atom is -0.354 e. The van der Waals surface area contributed by atoms with Gasteiger partial charge in [0.1, 0.15) is 0 Å². The van der Waals surface area contributed by atoms with E-state index < -0.39 is 0 Å². The van der Waals surface area contributed by atoms with Crippen LogP contribution < -0.4 is 10.9 Å². The van der Waals surface area contributed by atoms with Crippen LogP contribution in [0.5, 0.6) is 0 Å². The van der Waals surface area contributed by atoms with E-state index in [2.05, 4.69) is 62.2 Å². The van der Waals surface area contributed by atoms with Gasteiger partial charge in [-0.25, -0.2) is 4.98 Å². The molecule has 0 spiro atoms. The molecule has 1 N–H and O–H groups in total. The molecule has 1 aliphatic rings. The molecule has 1 unspecified atom stereocenters. The summed E-state index contributed by atoms with van der Waals surface area (Å²) in [6.45, 7) is 14.4. The molecule has 1 aromatic heterocycles. The fraction of sp³-hybridized carbons (Fsp3) is 0.621. The van der Waals surface area contributed by atoms with Gasteiger partial charge in [0, 0.05) is 37.8 Å². The first kappa shape index (κ1) is 28.5. The minimum absolute atomic E-state index is 0.0359. The third kappa shape index (κ3) is 7.69. The zero-order valence-electron chi connectivity index (χ0n) is 23.0. The minimum atomic E-state index is -0.260. The monoisotopic (exact) mass is 512 g/mol. The summed E-state index contributed by atoms with van der Waals surface area (Å²) in [6.07, 6.45) is 6.00. The van der Waals surface area contributed by atoms with Gasteiger partial charge < -0.3 is 10.2 Å². The molecule has 2 aromatic rings. The molecule has 1 amide bonds. The van der Waals surface area contributed by atoms with E-state index in [1.165, 1.54) is 36.6 Å². The molecule has 0 bridgehead atoms. The Hall–Kier alpha value is -2.12. The number of aromatic nitrogens is 2. The van der Waals surface area contributed by atoms with Crippen molar-refractivity contribution in [2.24, 2.45) is 7.05 Å². The van der Waals surface area contributed by atoms with Crippen LogP contribution in [0, 0.1) is 6.92 Å². The Balaban J connectivity index is 1.68. The summed E-state index contributed by atoms with van der Waals surface area (Å²) in [5.74, 6) is 0.0359. The van der Waals surface area contributed by atoms with Gasteiger partial charge in [-0.15, -0.1) is 0 Å². The molecular weight excluding hydrogens is 468 g/mol. The first-order valence-corrected chi connectivity index (χ1v) is 14.3. The Labute approximate surface area is 221 Å². The molecule has 6 nitrogen and oxygen atoms in total. The maximum absolute atomic E-state index is 13.3. The highest BCUT2D eigenvalue weighted by atomic mass is 32.2. The number of hydrogen-bond donors (Lipinski definition) is 1. The number of nitrogens with zero attached hydrogens (tertiary/aromatic N) is 3. The molecule has 0 radical (unpaired) electrons. The molecule has 7 heteroatoms. The number of carbonyl (C=O) groups excluding carboxylic acids is 1. The molecule has 1 atom stereocenters. The van der Waals surface area contributed by atoms with Gasteiger partial charge in [0.25, 0.3) is 5.56 Å². The van der Waals surface area contributed by atoms with Crippen LogP contribution in [0.25, 0.3) is 0 Å². The first-order chi connectivity index (χ1) is 17.1. The topological polar surface area (TPSA) is 67.2 Å². The summed E-state index contributed by atoms with van der Waals surface area (Å²) in [7, 11) is 1.76. The van der Waals surface area contributed by atoms with Crippen LogP contribution in [0.2, 0.25) is 0 Å². The van der Waals surface area contributed by atoms with E-state index in [4.69, 9.17) is 4.98 Å². The van der Waals surface area contributed by atoms with Gasteiger partial charge in [-0.3, -0.25) is 14.2 Å². The maximum atomic E-state index is 13.3. The van der Waals surface area contributed by atoms with Gasteiger partial charge in [-0.05, 0) is 55.8 Å². The predicted molar refractivity (Wildman–Crippen MR) is 150 cm³/mol. The van der Waals surface area contributed by atoms with E-state index in [1.807, 2.05) is 6.92 Å². The number of amides is 1. The second-order valence-electron chi connectivity index (χ2n) is 11.0. The number of piperidine rings is 1. The van der Waals surface area contributed by atoms with Gasteiger partial charge in [0.2, 0.25) is 5.91 Å². The third-order valence-corrected chi connectivity index (χ3v) is 8.33. The van der Waals surface area contributed by atoms with Crippen molar-refractivity contribution in [3.8, 4) is 0 Å². The number of rotatable bonds is 10. The number of carbonyl (C=O) groups is 1.